The molecule has 2 heteroatoms. The molecule has 1 N–H and O–H groups in total. The predicted octanol–water partition coefficient (Wildman–Crippen LogP) is 4.36. The van der Waals surface area contributed by atoms with Gasteiger partial charge in [0, 0.05) is 17.6 Å². The Kier molecular flexibility index (Phi) is 4.56. The van der Waals surface area contributed by atoms with Crippen LogP contribution in [-0.2, 0) is 13.1 Å². The average molecular weight is 304 g/mol. The second kappa shape index (κ2) is 6.17. The van der Waals surface area contributed by atoms with Gasteiger partial charge in [-0.05, 0) is 36.1 Å². The zero-order valence-corrected chi connectivity index (χ0v) is 12.4. The van der Waals surface area contributed by atoms with Gasteiger partial charge >= 0.3 is 0 Å². The maximum Gasteiger partial charge on any atom is 0.0236 e. The molecule has 0 bridgehead atoms. The first kappa shape index (κ1) is 13.3. The van der Waals surface area contributed by atoms with Gasteiger partial charge in [-0.2, -0.15) is 0 Å². The van der Waals surface area contributed by atoms with Crippen LogP contribution in [0.4, 0.5) is 0 Å². The van der Waals surface area contributed by atoms with Crippen LogP contribution in [0, 0.1) is 13.8 Å². The topological polar surface area (TPSA) is 12.0 Å². The van der Waals surface area contributed by atoms with Crippen molar-refractivity contribution in [3.63, 3.8) is 0 Å². The molecule has 1 nitrogen and oxygen atoms in total. The summed E-state index contributed by atoms with van der Waals surface area (Å²) in [6.07, 6.45) is 0. The SMILES string of the molecule is Cc1ccc(CNCc2ccccc2)c(C)c1Br. The molecular weight excluding hydrogens is 286 g/mol. The molecule has 0 saturated carbocycles. The number of hydrogen-bond donors (Lipinski definition) is 1. The summed E-state index contributed by atoms with van der Waals surface area (Å²) in [6, 6.07) is 14.8. The lowest BCUT2D eigenvalue weighted by molar-refractivity contribution is 0.690. The summed E-state index contributed by atoms with van der Waals surface area (Å²) < 4.78 is 1.22. The molecule has 0 atom stereocenters. The Morgan fingerprint density at radius 3 is 2.39 bits per heavy atom. The Labute approximate surface area is 117 Å². The minimum atomic E-state index is 0.902. The summed E-state index contributed by atoms with van der Waals surface area (Å²) in [4.78, 5) is 0. The highest BCUT2D eigenvalue weighted by atomic mass is 79.9. The summed E-state index contributed by atoms with van der Waals surface area (Å²) in [6.45, 7) is 6.10. The van der Waals surface area contributed by atoms with Gasteiger partial charge in [-0.1, -0.05) is 58.4 Å². The molecule has 0 saturated heterocycles. The standard InChI is InChI=1S/C16H18BrN/c1-12-8-9-15(13(2)16(12)17)11-18-10-14-6-4-3-5-7-14/h3-9,18H,10-11H2,1-2H3. The van der Waals surface area contributed by atoms with E-state index in [1.165, 1.54) is 26.7 Å². The second-order valence-electron chi connectivity index (χ2n) is 4.57. The summed E-state index contributed by atoms with van der Waals surface area (Å²) in [5.41, 5.74) is 5.29. The Morgan fingerprint density at radius 2 is 1.67 bits per heavy atom. The van der Waals surface area contributed by atoms with E-state index in [2.05, 4.69) is 71.5 Å². The molecule has 0 heterocycles. The minimum absolute atomic E-state index is 0.902. The quantitative estimate of drug-likeness (QED) is 0.885. The molecule has 0 aromatic heterocycles. The van der Waals surface area contributed by atoms with Gasteiger partial charge in [0.25, 0.3) is 0 Å². The van der Waals surface area contributed by atoms with E-state index in [0.29, 0.717) is 0 Å². The maximum absolute atomic E-state index is 3.64. The number of halogens is 1. The number of hydrogen-bond acceptors (Lipinski definition) is 1. The van der Waals surface area contributed by atoms with Crippen LogP contribution in [-0.4, -0.2) is 0 Å². The average Bonchev–Trinajstić information content (AvgIpc) is 2.40. The molecule has 0 aliphatic rings. The third kappa shape index (κ3) is 3.21. The summed E-state index contributed by atoms with van der Waals surface area (Å²) in [5.74, 6) is 0. The molecule has 94 valence electrons. The van der Waals surface area contributed by atoms with Crippen molar-refractivity contribution >= 4 is 15.9 Å². The van der Waals surface area contributed by atoms with Gasteiger partial charge in [-0.3, -0.25) is 0 Å². The van der Waals surface area contributed by atoms with Crippen molar-refractivity contribution in [2.45, 2.75) is 26.9 Å². The van der Waals surface area contributed by atoms with Crippen molar-refractivity contribution in [3.05, 3.63) is 69.2 Å². The van der Waals surface area contributed by atoms with Crippen LogP contribution in [0.3, 0.4) is 0 Å². The van der Waals surface area contributed by atoms with Crippen LogP contribution in [0.2, 0.25) is 0 Å². The fourth-order valence-corrected chi connectivity index (χ4v) is 2.38. The highest BCUT2D eigenvalue weighted by Crippen LogP contribution is 2.23. The van der Waals surface area contributed by atoms with E-state index in [1.807, 2.05) is 6.07 Å². The van der Waals surface area contributed by atoms with Crippen LogP contribution in [0.1, 0.15) is 22.3 Å². The molecule has 2 rings (SSSR count). The van der Waals surface area contributed by atoms with Gasteiger partial charge in [0.2, 0.25) is 0 Å². The zero-order valence-electron chi connectivity index (χ0n) is 10.8. The van der Waals surface area contributed by atoms with E-state index in [9.17, 15) is 0 Å². The molecule has 0 aliphatic heterocycles. The lowest BCUT2D eigenvalue weighted by Crippen LogP contribution is -2.13. The van der Waals surface area contributed by atoms with E-state index in [0.717, 1.165) is 13.1 Å². The lowest BCUT2D eigenvalue weighted by Gasteiger charge is -2.11. The molecule has 18 heavy (non-hydrogen) atoms. The van der Waals surface area contributed by atoms with Gasteiger partial charge in [0.05, 0.1) is 0 Å². The fourth-order valence-electron chi connectivity index (χ4n) is 1.99. The molecule has 2 aromatic rings. The van der Waals surface area contributed by atoms with E-state index in [-0.39, 0.29) is 0 Å². The summed E-state index contributed by atoms with van der Waals surface area (Å²) in [5, 5.41) is 3.48. The van der Waals surface area contributed by atoms with Crippen LogP contribution in [0.15, 0.2) is 46.9 Å². The molecule has 2 aromatic carbocycles. The van der Waals surface area contributed by atoms with Gasteiger partial charge in [-0.25, -0.2) is 0 Å². The Balaban J connectivity index is 1.97. The molecule has 0 amide bonds. The Hall–Kier alpha value is -1.12. The van der Waals surface area contributed by atoms with Crippen LogP contribution in [0.5, 0.6) is 0 Å². The Morgan fingerprint density at radius 1 is 0.944 bits per heavy atom. The molecule has 0 spiro atoms. The number of nitrogens with one attached hydrogen (secondary N) is 1. The monoisotopic (exact) mass is 303 g/mol. The van der Waals surface area contributed by atoms with Crippen molar-refractivity contribution < 1.29 is 0 Å². The first-order valence-corrected chi connectivity index (χ1v) is 6.97. The number of benzene rings is 2. The second-order valence-corrected chi connectivity index (χ2v) is 5.36. The van der Waals surface area contributed by atoms with Crippen molar-refractivity contribution in [2.24, 2.45) is 0 Å². The zero-order chi connectivity index (χ0) is 13.0. The summed E-state index contributed by atoms with van der Waals surface area (Å²) >= 11 is 3.64. The molecule has 0 unspecified atom stereocenters. The van der Waals surface area contributed by atoms with Gasteiger partial charge in [0.15, 0.2) is 0 Å². The van der Waals surface area contributed by atoms with E-state index >= 15 is 0 Å². The smallest absolute Gasteiger partial charge is 0.0236 e. The third-order valence-electron chi connectivity index (χ3n) is 3.18. The van der Waals surface area contributed by atoms with E-state index in [4.69, 9.17) is 0 Å². The van der Waals surface area contributed by atoms with Crippen LogP contribution in [0.25, 0.3) is 0 Å². The Bertz CT molecular complexity index is 520. The van der Waals surface area contributed by atoms with Crippen LogP contribution < -0.4 is 5.32 Å². The number of rotatable bonds is 4. The molecule has 0 fully saturated rings. The highest BCUT2D eigenvalue weighted by molar-refractivity contribution is 9.10. The van der Waals surface area contributed by atoms with E-state index < -0.39 is 0 Å². The third-order valence-corrected chi connectivity index (χ3v) is 4.40. The van der Waals surface area contributed by atoms with Crippen molar-refractivity contribution in [1.29, 1.82) is 0 Å². The summed E-state index contributed by atoms with van der Waals surface area (Å²) in [7, 11) is 0. The fraction of sp³-hybridized carbons (Fsp3) is 0.250. The molecular formula is C16H18BrN. The van der Waals surface area contributed by atoms with Gasteiger partial charge < -0.3 is 5.32 Å². The first-order chi connectivity index (χ1) is 8.68. The maximum atomic E-state index is 3.64. The predicted molar refractivity (Wildman–Crippen MR) is 80.6 cm³/mol. The van der Waals surface area contributed by atoms with Crippen LogP contribution >= 0.6 is 15.9 Å². The van der Waals surface area contributed by atoms with Crippen molar-refractivity contribution in [2.75, 3.05) is 0 Å². The molecule has 0 radical (unpaired) electrons. The highest BCUT2D eigenvalue weighted by Gasteiger charge is 2.04. The van der Waals surface area contributed by atoms with Gasteiger partial charge in [0.1, 0.15) is 0 Å². The first-order valence-electron chi connectivity index (χ1n) is 6.17. The lowest BCUT2D eigenvalue weighted by atomic mass is 10.1. The van der Waals surface area contributed by atoms with Crippen molar-refractivity contribution in [3.8, 4) is 0 Å². The van der Waals surface area contributed by atoms with E-state index in [1.54, 1.807) is 0 Å². The number of aryl methyl sites for hydroxylation is 1. The molecule has 0 aliphatic carbocycles. The minimum Gasteiger partial charge on any atom is -0.309 e. The largest absolute Gasteiger partial charge is 0.309 e. The van der Waals surface area contributed by atoms with Crippen molar-refractivity contribution in [1.82, 2.24) is 5.32 Å². The normalized spacial score (nSPS) is 10.6. The van der Waals surface area contributed by atoms with Gasteiger partial charge in [-0.15, -0.1) is 0 Å².